The van der Waals surface area contributed by atoms with Crippen molar-refractivity contribution in [2.75, 3.05) is 0 Å². The highest BCUT2D eigenvalue weighted by atomic mass is 16.1. The minimum absolute atomic E-state index is 0.0219. The lowest BCUT2D eigenvalue weighted by atomic mass is 10.2. The lowest BCUT2D eigenvalue weighted by Crippen LogP contribution is -2.33. The highest BCUT2D eigenvalue weighted by Gasteiger charge is 2.06. The molecule has 0 saturated heterocycles. The molecule has 0 spiro atoms. The normalized spacial score (nSPS) is 12.9. The van der Waals surface area contributed by atoms with Gasteiger partial charge in [-0.2, -0.15) is 5.10 Å². The van der Waals surface area contributed by atoms with Gasteiger partial charge in [-0.15, -0.1) is 0 Å². The van der Waals surface area contributed by atoms with Crippen LogP contribution in [-0.2, 0) is 6.54 Å². The van der Waals surface area contributed by atoms with Gasteiger partial charge in [0.15, 0.2) is 0 Å². The van der Waals surface area contributed by atoms with Crippen LogP contribution in [0.1, 0.15) is 13.3 Å². The molecule has 0 aliphatic rings. The summed E-state index contributed by atoms with van der Waals surface area (Å²) in [6, 6.07) is 7.42. The fourth-order valence-corrected chi connectivity index (χ4v) is 1.61. The van der Waals surface area contributed by atoms with E-state index in [0.29, 0.717) is 11.9 Å². The number of fused-ring (bicyclic) bond motifs is 1. The number of hydrogen-bond donors (Lipinski definition) is 1. The van der Waals surface area contributed by atoms with E-state index in [2.05, 4.69) is 5.10 Å². The molecule has 0 radical (unpaired) electrons. The van der Waals surface area contributed by atoms with Crippen LogP contribution in [0.3, 0.4) is 0 Å². The fourth-order valence-electron chi connectivity index (χ4n) is 1.61. The molecular weight excluding hydrogens is 202 g/mol. The molecule has 1 atom stereocenters. The number of nitrogens with two attached hydrogens (primary N) is 1. The molecule has 2 rings (SSSR count). The molecular formula is C12H15N3O. The molecule has 16 heavy (non-hydrogen) atoms. The van der Waals surface area contributed by atoms with Crippen molar-refractivity contribution in [1.82, 2.24) is 9.78 Å². The predicted octanol–water partition coefficient (Wildman–Crippen LogP) is 1.13. The maximum absolute atomic E-state index is 12.0. The van der Waals surface area contributed by atoms with E-state index < -0.39 is 0 Å². The van der Waals surface area contributed by atoms with Gasteiger partial charge in [0.05, 0.1) is 18.1 Å². The Morgan fingerprint density at radius 1 is 1.44 bits per heavy atom. The van der Waals surface area contributed by atoms with Gasteiger partial charge in [0.25, 0.3) is 5.56 Å². The van der Waals surface area contributed by atoms with E-state index in [9.17, 15) is 4.79 Å². The minimum atomic E-state index is -0.0676. The van der Waals surface area contributed by atoms with Crippen molar-refractivity contribution in [2.45, 2.75) is 25.9 Å². The van der Waals surface area contributed by atoms with Crippen molar-refractivity contribution >= 4 is 10.8 Å². The first kappa shape index (κ1) is 10.8. The summed E-state index contributed by atoms with van der Waals surface area (Å²) in [7, 11) is 0. The van der Waals surface area contributed by atoms with Gasteiger partial charge in [-0.3, -0.25) is 4.79 Å². The van der Waals surface area contributed by atoms with Crippen LogP contribution in [0.15, 0.2) is 35.3 Å². The first-order chi connectivity index (χ1) is 7.72. The van der Waals surface area contributed by atoms with Crippen molar-refractivity contribution in [3.8, 4) is 0 Å². The molecule has 2 aromatic rings. The van der Waals surface area contributed by atoms with E-state index in [0.717, 1.165) is 11.8 Å². The van der Waals surface area contributed by atoms with E-state index in [1.54, 1.807) is 6.20 Å². The van der Waals surface area contributed by atoms with Crippen LogP contribution in [0.25, 0.3) is 10.8 Å². The molecule has 4 nitrogen and oxygen atoms in total. The molecule has 4 heteroatoms. The fraction of sp³-hybridized carbons (Fsp3) is 0.333. The summed E-state index contributed by atoms with van der Waals surface area (Å²) in [6.45, 7) is 2.47. The van der Waals surface area contributed by atoms with Gasteiger partial charge in [-0.25, -0.2) is 4.68 Å². The Bertz CT molecular complexity index is 547. The van der Waals surface area contributed by atoms with Crippen LogP contribution in [0.4, 0.5) is 0 Å². The second kappa shape index (κ2) is 4.45. The van der Waals surface area contributed by atoms with Crippen LogP contribution < -0.4 is 11.3 Å². The Hall–Kier alpha value is -1.68. The summed E-state index contributed by atoms with van der Waals surface area (Å²) in [5.74, 6) is 0. The number of aromatic nitrogens is 2. The number of nitrogens with zero attached hydrogens (tertiary/aromatic N) is 2. The molecule has 84 valence electrons. The lowest BCUT2D eigenvalue weighted by Gasteiger charge is -2.10. The third-order valence-electron chi connectivity index (χ3n) is 2.69. The van der Waals surface area contributed by atoms with Crippen molar-refractivity contribution in [2.24, 2.45) is 5.73 Å². The average molecular weight is 217 g/mol. The Labute approximate surface area is 93.7 Å². The summed E-state index contributed by atoms with van der Waals surface area (Å²) in [6.07, 6.45) is 2.54. The van der Waals surface area contributed by atoms with E-state index in [4.69, 9.17) is 5.73 Å². The molecule has 1 aromatic carbocycles. The van der Waals surface area contributed by atoms with Crippen molar-refractivity contribution < 1.29 is 0 Å². The van der Waals surface area contributed by atoms with E-state index in [1.165, 1.54) is 4.68 Å². The summed E-state index contributed by atoms with van der Waals surface area (Å²) in [4.78, 5) is 12.0. The van der Waals surface area contributed by atoms with E-state index >= 15 is 0 Å². The summed E-state index contributed by atoms with van der Waals surface area (Å²) >= 11 is 0. The Balaban J connectivity index is 2.49. The molecule has 2 N–H and O–H groups in total. The topological polar surface area (TPSA) is 60.9 Å². The zero-order valence-corrected chi connectivity index (χ0v) is 9.26. The quantitative estimate of drug-likeness (QED) is 0.838. The molecule has 1 heterocycles. The highest BCUT2D eigenvalue weighted by Crippen LogP contribution is 2.06. The molecule has 0 saturated carbocycles. The molecule has 0 amide bonds. The summed E-state index contributed by atoms with van der Waals surface area (Å²) in [5.41, 5.74) is 5.75. The van der Waals surface area contributed by atoms with Gasteiger partial charge in [-0.05, 0) is 12.5 Å². The second-order valence-electron chi connectivity index (χ2n) is 3.89. The molecule has 0 aliphatic carbocycles. The van der Waals surface area contributed by atoms with Gasteiger partial charge in [-0.1, -0.05) is 25.1 Å². The van der Waals surface area contributed by atoms with Gasteiger partial charge in [0.1, 0.15) is 0 Å². The molecule has 0 aliphatic heterocycles. The standard InChI is InChI=1S/C12H15N3O/c1-2-10(13)8-15-12(16)11-6-4-3-5-9(11)7-14-15/h3-7,10H,2,8,13H2,1H3/t10-/m1/s1. The Morgan fingerprint density at radius 3 is 2.94 bits per heavy atom. The third-order valence-corrected chi connectivity index (χ3v) is 2.69. The monoisotopic (exact) mass is 217 g/mol. The molecule has 0 unspecified atom stereocenters. The largest absolute Gasteiger partial charge is 0.326 e. The zero-order valence-electron chi connectivity index (χ0n) is 9.26. The van der Waals surface area contributed by atoms with Gasteiger partial charge in [0, 0.05) is 11.4 Å². The smallest absolute Gasteiger partial charge is 0.274 e. The van der Waals surface area contributed by atoms with E-state index in [1.807, 2.05) is 31.2 Å². The summed E-state index contributed by atoms with van der Waals surface area (Å²) in [5, 5.41) is 5.68. The van der Waals surface area contributed by atoms with E-state index in [-0.39, 0.29) is 11.6 Å². The summed E-state index contributed by atoms with van der Waals surface area (Å²) < 4.78 is 1.44. The molecule has 0 fully saturated rings. The van der Waals surface area contributed by atoms with Crippen molar-refractivity contribution in [3.63, 3.8) is 0 Å². The Morgan fingerprint density at radius 2 is 2.19 bits per heavy atom. The van der Waals surface area contributed by atoms with Crippen LogP contribution >= 0.6 is 0 Å². The maximum atomic E-state index is 12.0. The zero-order chi connectivity index (χ0) is 11.5. The highest BCUT2D eigenvalue weighted by molar-refractivity contribution is 5.80. The van der Waals surface area contributed by atoms with Crippen molar-refractivity contribution in [3.05, 3.63) is 40.8 Å². The molecule has 1 aromatic heterocycles. The van der Waals surface area contributed by atoms with Crippen LogP contribution in [0.5, 0.6) is 0 Å². The predicted molar refractivity (Wildman–Crippen MR) is 64.3 cm³/mol. The number of hydrogen-bond acceptors (Lipinski definition) is 3. The van der Waals surface area contributed by atoms with Gasteiger partial charge in [0.2, 0.25) is 0 Å². The number of rotatable bonds is 3. The SMILES string of the molecule is CC[C@@H](N)Cn1ncc2ccccc2c1=O. The number of benzene rings is 1. The van der Waals surface area contributed by atoms with Crippen molar-refractivity contribution in [1.29, 1.82) is 0 Å². The average Bonchev–Trinajstić information content (AvgIpc) is 2.33. The first-order valence-electron chi connectivity index (χ1n) is 5.43. The lowest BCUT2D eigenvalue weighted by molar-refractivity contribution is 0.484. The maximum Gasteiger partial charge on any atom is 0.274 e. The third kappa shape index (κ3) is 1.97. The van der Waals surface area contributed by atoms with Crippen LogP contribution in [0.2, 0.25) is 0 Å². The van der Waals surface area contributed by atoms with Crippen LogP contribution in [-0.4, -0.2) is 15.8 Å². The first-order valence-corrected chi connectivity index (χ1v) is 5.43. The second-order valence-corrected chi connectivity index (χ2v) is 3.89. The minimum Gasteiger partial charge on any atom is -0.326 e. The van der Waals surface area contributed by atoms with Gasteiger partial charge < -0.3 is 5.73 Å². The van der Waals surface area contributed by atoms with Gasteiger partial charge >= 0.3 is 0 Å². The van der Waals surface area contributed by atoms with Crippen LogP contribution in [0, 0.1) is 0 Å². The Kier molecular flexibility index (Phi) is 3.01. The molecule has 0 bridgehead atoms.